The van der Waals surface area contributed by atoms with Crippen LogP contribution in [0.4, 0.5) is 11.4 Å². The third-order valence-corrected chi connectivity index (χ3v) is 2.93. The minimum atomic E-state index is -0.370. The van der Waals surface area contributed by atoms with Crippen LogP contribution in [-0.2, 0) is 0 Å². The lowest BCUT2D eigenvalue weighted by molar-refractivity contribution is -0.383. The summed E-state index contributed by atoms with van der Waals surface area (Å²) in [5, 5.41) is 15.7. The van der Waals surface area contributed by atoms with Gasteiger partial charge < -0.3 is 5.32 Å². The molecule has 0 saturated heterocycles. The molecule has 0 aliphatic heterocycles. The molecule has 0 unspecified atom stereocenters. The molecule has 0 atom stereocenters. The van der Waals surface area contributed by atoms with Crippen molar-refractivity contribution in [2.45, 2.75) is 18.9 Å². The maximum Gasteiger partial charge on any atom is 0.278 e. The van der Waals surface area contributed by atoms with Crippen LogP contribution in [0.15, 0.2) is 30.6 Å². The van der Waals surface area contributed by atoms with Gasteiger partial charge in [-0.25, -0.2) is 0 Å². The molecule has 2 aromatic rings. The van der Waals surface area contributed by atoms with E-state index >= 15 is 0 Å². The van der Waals surface area contributed by atoms with Crippen LogP contribution in [0.2, 0.25) is 0 Å². The maximum atomic E-state index is 10.9. The monoisotopic (exact) mass is 229 g/mol. The van der Waals surface area contributed by atoms with Crippen LogP contribution in [-0.4, -0.2) is 15.9 Å². The summed E-state index contributed by atoms with van der Waals surface area (Å²) in [5.41, 5.74) is 1.06. The minimum absolute atomic E-state index is 0.106. The number of hydrogen-bond donors (Lipinski definition) is 1. The second-order valence-corrected chi connectivity index (χ2v) is 4.23. The van der Waals surface area contributed by atoms with E-state index < -0.39 is 0 Å². The van der Waals surface area contributed by atoms with Crippen molar-refractivity contribution in [2.24, 2.45) is 0 Å². The fourth-order valence-corrected chi connectivity index (χ4v) is 1.91. The number of nitrogens with one attached hydrogen (secondary N) is 1. The summed E-state index contributed by atoms with van der Waals surface area (Å²) in [7, 11) is 0. The van der Waals surface area contributed by atoms with E-state index in [1.165, 1.54) is 18.9 Å². The van der Waals surface area contributed by atoms with E-state index in [-0.39, 0.29) is 10.6 Å². The zero-order chi connectivity index (χ0) is 11.8. The molecule has 86 valence electrons. The molecule has 1 N–H and O–H groups in total. The number of nitrogens with zero attached hydrogens (tertiary/aromatic N) is 2. The van der Waals surface area contributed by atoms with Gasteiger partial charge in [0.15, 0.2) is 0 Å². The molecule has 1 heterocycles. The van der Waals surface area contributed by atoms with Crippen LogP contribution in [0.3, 0.4) is 0 Å². The van der Waals surface area contributed by atoms with Crippen molar-refractivity contribution in [3.63, 3.8) is 0 Å². The fourth-order valence-electron chi connectivity index (χ4n) is 1.91. The molecule has 1 aromatic heterocycles. The third kappa shape index (κ3) is 1.80. The Labute approximate surface area is 97.6 Å². The zero-order valence-corrected chi connectivity index (χ0v) is 9.09. The predicted molar refractivity (Wildman–Crippen MR) is 65.0 cm³/mol. The van der Waals surface area contributed by atoms with Crippen molar-refractivity contribution >= 4 is 22.1 Å². The molecule has 5 heteroatoms. The third-order valence-electron chi connectivity index (χ3n) is 2.93. The van der Waals surface area contributed by atoms with Gasteiger partial charge in [0.05, 0.1) is 10.3 Å². The highest BCUT2D eigenvalue weighted by molar-refractivity contribution is 5.99. The van der Waals surface area contributed by atoms with Crippen molar-refractivity contribution in [3.05, 3.63) is 40.7 Å². The number of nitro benzene ring substituents is 1. The van der Waals surface area contributed by atoms with Crippen LogP contribution in [0.25, 0.3) is 10.8 Å². The molecule has 0 radical (unpaired) electrons. The fraction of sp³-hybridized carbons (Fsp3) is 0.250. The van der Waals surface area contributed by atoms with Crippen LogP contribution in [0.5, 0.6) is 0 Å². The highest BCUT2D eigenvalue weighted by atomic mass is 16.6. The normalized spacial score (nSPS) is 14.8. The Bertz CT molecular complexity index is 593. The summed E-state index contributed by atoms with van der Waals surface area (Å²) in [6.07, 6.45) is 5.54. The lowest BCUT2D eigenvalue weighted by Gasteiger charge is -2.08. The summed E-state index contributed by atoms with van der Waals surface area (Å²) in [4.78, 5) is 14.5. The van der Waals surface area contributed by atoms with E-state index in [1.807, 2.05) is 6.07 Å². The number of nitro groups is 1. The number of fused-ring (bicyclic) bond motifs is 1. The summed E-state index contributed by atoms with van der Waals surface area (Å²) < 4.78 is 0. The van der Waals surface area contributed by atoms with Gasteiger partial charge in [-0.2, -0.15) is 0 Å². The van der Waals surface area contributed by atoms with E-state index in [0.717, 1.165) is 11.1 Å². The Morgan fingerprint density at radius 3 is 2.82 bits per heavy atom. The number of benzene rings is 1. The van der Waals surface area contributed by atoms with Gasteiger partial charge in [-0.05, 0) is 25.0 Å². The Balaban J connectivity index is 2.18. The summed E-state index contributed by atoms with van der Waals surface area (Å²) >= 11 is 0. The van der Waals surface area contributed by atoms with Gasteiger partial charge in [0.25, 0.3) is 5.69 Å². The molecule has 3 rings (SSSR count). The molecule has 1 aromatic carbocycles. The molecular formula is C12H11N3O2. The lowest BCUT2D eigenvalue weighted by atomic mass is 10.1. The van der Waals surface area contributed by atoms with E-state index in [2.05, 4.69) is 10.3 Å². The quantitative estimate of drug-likeness (QED) is 0.649. The van der Waals surface area contributed by atoms with Crippen LogP contribution in [0, 0.1) is 10.1 Å². The van der Waals surface area contributed by atoms with Crippen LogP contribution in [0.1, 0.15) is 12.8 Å². The Kier molecular flexibility index (Phi) is 2.18. The summed E-state index contributed by atoms with van der Waals surface area (Å²) in [6.45, 7) is 0. The minimum Gasteiger partial charge on any atom is -0.382 e. The summed E-state index contributed by atoms with van der Waals surface area (Å²) in [5.74, 6) is 0. The molecule has 1 aliphatic rings. The van der Waals surface area contributed by atoms with Gasteiger partial charge in [0.1, 0.15) is 0 Å². The molecule has 5 nitrogen and oxygen atoms in total. The Morgan fingerprint density at radius 1 is 1.29 bits per heavy atom. The van der Waals surface area contributed by atoms with Gasteiger partial charge in [0, 0.05) is 35.6 Å². The Hall–Kier alpha value is -2.17. The molecule has 1 fully saturated rings. The van der Waals surface area contributed by atoms with Crippen molar-refractivity contribution in [1.29, 1.82) is 0 Å². The van der Waals surface area contributed by atoms with Gasteiger partial charge in [-0.15, -0.1) is 0 Å². The zero-order valence-electron chi connectivity index (χ0n) is 9.09. The number of pyridine rings is 1. The van der Waals surface area contributed by atoms with Crippen LogP contribution < -0.4 is 5.32 Å². The first-order chi connectivity index (χ1) is 8.25. The van der Waals surface area contributed by atoms with Crippen molar-refractivity contribution in [3.8, 4) is 0 Å². The molecule has 0 amide bonds. The highest BCUT2D eigenvalue weighted by Crippen LogP contribution is 2.33. The average molecular weight is 229 g/mol. The first-order valence-electron chi connectivity index (χ1n) is 5.53. The van der Waals surface area contributed by atoms with Gasteiger partial charge >= 0.3 is 0 Å². The highest BCUT2D eigenvalue weighted by Gasteiger charge is 2.22. The van der Waals surface area contributed by atoms with Crippen molar-refractivity contribution < 1.29 is 4.92 Å². The second kappa shape index (κ2) is 3.69. The smallest absolute Gasteiger partial charge is 0.278 e. The van der Waals surface area contributed by atoms with Crippen molar-refractivity contribution in [1.82, 2.24) is 4.98 Å². The van der Waals surface area contributed by atoms with E-state index in [9.17, 15) is 10.1 Å². The van der Waals surface area contributed by atoms with E-state index in [4.69, 9.17) is 0 Å². The molecule has 17 heavy (non-hydrogen) atoms. The van der Waals surface area contributed by atoms with Crippen LogP contribution >= 0.6 is 0 Å². The standard InChI is InChI=1S/C12H11N3O2/c16-15(17)12-4-3-11(14-8-1-2-8)9-5-6-13-7-10(9)12/h3-8,14H,1-2H2. The summed E-state index contributed by atoms with van der Waals surface area (Å²) in [6, 6.07) is 5.65. The lowest BCUT2D eigenvalue weighted by Crippen LogP contribution is -2.02. The second-order valence-electron chi connectivity index (χ2n) is 4.23. The number of hydrogen-bond acceptors (Lipinski definition) is 4. The van der Waals surface area contributed by atoms with Gasteiger partial charge in [-0.1, -0.05) is 0 Å². The first kappa shape index (κ1) is 10.0. The average Bonchev–Trinajstić information content (AvgIpc) is 3.13. The van der Waals surface area contributed by atoms with Crippen molar-refractivity contribution in [2.75, 3.05) is 5.32 Å². The largest absolute Gasteiger partial charge is 0.382 e. The number of non-ortho nitro benzene ring substituents is 1. The van der Waals surface area contributed by atoms with Gasteiger partial charge in [-0.3, -0.25) is 15.1 Å². The topological polar surface area (TPSA) is 68.1 Å². The maximum absolute atomic E-state index is 10.9. The number of aromatic nitrogens is 1. The van der Waals surface area contributed by atoms with E-state index in [1.54, 1.807) is 18.5 Å². The number of anilines is 1. The molecule has 1 saturated carbocycles. The Morgan fingerprint density at radius 2 is 2.12 bits per heavy atom. The first-order valence-corrected chi connectivity index (χ1v) is 5.53. The molecule has 0 bridgehead atoms. The SMILES string of the molecule is O=[N+]([O-])c1ccc(NC2CC2)c2ccncc12. The molecular weight excluding hydrogens is 218 g/mol. The molecule has 0 spiro atoms. The number of rotatable bonds is 3. The van der Waals surface area contributed by atoms with Gasteiger partial charge in [0.2, 0.25) is 0 Å². The van der Waals surface area contributed by atoms with E-state index in [0.29, 0.717) is 11.4 Å². The predicted octanol–water partition coefficient (Wildman–Crippen LogP) is 2.72. The molecule has 1 aliphatic carbocycles.